The van der Waals surface area contributed by atoms with Gasteiger partial charge < -0.3 is 14.5 Å². The highest BCUT2D eigenvalue weighted by Crippen LogP contribution is 2.33. The second kappa shape index (κ2) is 7.90. The van der Waals surface area contributed by atoms with Crippen molar-refractivity contribution in [2.24, 2.45) is 0 Å². The SMILES string of the molecule is O=C(NO)c1ccc2c(c1)OCC(c1ccccc1)N(C(=O)N1CCCC1)C2. The first-order chi connectivity index (χ1) is 13.7. The molecule has 0 radical (unpaired) electrons. The lowest BCUT2D eigenvalue weighted by Gasteiger charge is -2.33. The number of hydrogen-bond donors (Lipinski definition) is 2. The predicted molar refractivity (Wildman–Crippen MR) is 102 cm³/mol. The zero-order chi connectivity index (χ0) is 19.5. The Hall–Kier alpha value is -3.06. The molecule has 0 saturated carbocycles. The first-order valence-corrected chi connectivity index (χ1v) is 9.48. The summed E-state index contributed by atoms with van der Waals surface area (Å²) in [4.78, 5) is 28.8. The molecule has 0 bridgehead atoms. The van der Waals surface area contributed by atoms with Gasteiger partial charge in [0.1, 0.15) is 12.4 Å². The number of rotatable bonds is 2. The number of hydroxylamine groups is 1. The van der Waals surface area contributed by atoms with Crippen molar-refractivity contribution in [2.45, 2.75) is 25.4 Å². The van der Waals surface area contributed by atoms with E-state index in [-0.39, 0.29) is 12.1 Å². The third-order valence-electron chi connectivity index (χ3n) is 5.35. The maximum atomic E-state index is 13.3. The predicted octanol–water partition coefficient (Wildman–Crippen LogP) is 2.96. The molecule has 2 aliphatic heterocycles. The first kappa shape index (κ1) is 18.3. The van der Waals surface area contributed by atoms with Crippen molar-refractivity contribution in [1.29, 1.82) is 0 Å². The summed E-state index contributed by atoms with van der Waals surface area (Å²) in [6.07, 6.45) is 2.06. The molecule has 0 spiro atoms. The van der Waals surface area contributed by atoms with Crippen LogP contribution in [0.3, 0.4) is 0 Å². The molecule has 2 aromatic carbocycles. The number of benzene rings is 2. The lowest BCUT2D eigenvalue weighted by molar-refractivity contribution is 0.0706. The van der Waals surface area contributed by atoms with E-state index in [0.29, 0.717) is 24.5 Å². The molecule has 146 valence electrons. The van der Waals surface area contributed by atoms with Crippen LogP contribution in [0.2, 0.25) is 0 Å². The molecule has 1 atom stereocenters. The van der Waals surface area contributed by atoms with Crippen molar-refractivity contribution in [3.8, 4) is 5.75 Å². The molecule has 1 unspecified atom stereocenters. The summed E-state index contributed by atoms with van der Waals surface area (Å²) in [5.74, 6) is -0.0426. The molecular weight excluding hydrogens is 358 g/mol. The average molecular weight is 381 g/mol. The van der Waals surface area contributed by atoms with Crippen LogP contribution in [0.5, 0.6) is 5.75 Å². The molecule has 1 saturated heterocycles. The number of amides is 3. The van der Waals surface area contributed by atoms with Gasteiger partial charge in [0.05, 0.1) is 12.6 Å². The van der Waals surface area contributed by atoms with Crippen molar-refractivity contribution in [3.63, 3.8) is 0 Å². The number of ether oxygens (including phenoxy) is 1. The van der Waals surface area contributed by atoms with Gasteiger partial charge >= 0.3 is 6.03 Å². The summed E-state index contributed by atoms with van der Waals surface area (Å²) in [6.45, 7) is 2.24. The number of nitrogens with one attached hydrogen (secondary N) is 1. The lowest BCUT2D eigenvalue weighted by atomic mass is 10.1. The van der Waals surface area contributed by atoms with Gasteiger partial charge in [-0.25, -0.2) is 10.3 Å². The minimum atomic E-state index is -0.597. The fourth-order valence-electron chi connectivity index (χ4n) is 3.82. The summed E-state index contributed by atoms with van der Waals surface area (Å²) < 4.78 is 6.02. The molecule has 28 heavy (non-hydrogen) atoms. The van der Waals surface area contributed by atoms with Crippen molar-refractivity contribution in [2.75, 3.05) is 19.7 Å². The minimum Gasteiger partial charge on any atom is -0.491 e. The van der Waals surface area contributed by atoms with E-state index in [9.17, 15) is 9.59 Å². The number of likely N-dealkylation sites (tertiary alicyclic amines) is 1. The molecular formula is C21H23N3O4. The quantitative estimate of drug-likeness (QED) is 0.619. The summed E-state index contributed by atoms with van der Waals surface area (Å²) in [5, 5.41) is 8.88. The van der Waals surface area contributed by atoms with E-state index in [1.54, 1.807) is 23.7 Å². The molecule has 3 amide bonds. The highest BCUT2D eigenvalue weighted by molar-refractivity contribution is 5.93. The molecule has 2 N–H and O–H groups in total. The highest BCUT2D eigenvalue weighted by Gasteiger charge is 2.33. The average Bonchev–Trinajstić information content (AvgIpc) is 3.21. The zero-order valence-corrected chi connectivity index (χ0v) is 15.5. The standard InChI is InChI=1S/C21H23N3O4/c25-20(22-27)16-8-9-17-13-24(21(26)23-10-4-5-11-23)18(14-28-19(17)12-16)15-6-2-1-3-7-15/h1-3,6-9,12,18,27H,4-5,10-11,13-14H2,(H,22,25). The number of fused-ring (bicyclic) bond motifs is 1. The van der Waals surface area contributed by atoms with Gasteiger partial charge in [0.2, 0.25) is 0 Å². The van der Waals surface area contributed by atoms with Gasteiger partial charge in [-0.15, -0.1) is 0 Å². The summed E-state index contributed by atoms with van der Waals surface area (Å²) in [5.41, 5.74) is 3.78. The Balaban J connectivity index is 1.69. The maximum absolute atomic E-state index is 13.3. The second-order valence-corrected chi connectivity index (χ2v) is 7.11. The van der Waals surface area contributed by atoms with Crippen LogP contribution in [0.1, 0.15) is 40.4 Å². The van der Waals surface area contributed by atoms with E-state index in [2.05, 4.69) is 0 Å². The fraction of sp³-hybridized carbons (Fsp3) is 0.333. The van der Waals surface area contributed by atoms with Gasteiger partial charge in [-0.1, -0.05) is 36.4 Å². The summed E-state index contributed by atoms with van der Waals surface area (Å²) >= 11 is 0. The lowest BCUT2D eigenvalue weighted by Crippen LogP contribution is -2.44. The maximum Gasteiger partial charge on any atom is 0.320 e. The van der Waals surface area contributed by atoms with Crippen LogP contribution in [0, 0.1) is 0 Å². The molecule has 2 heterocycles. The van der Waals surface area contributed by atoms with Gasteiger partial charge in [-0.2, -0.15) is 0 Å². The number of hydrogen-bond acceptors (Lipinski definition) is 4. The molecule has 0 aromatic heterocycles. The molecule has 7 heteroatoms. The Kier molecular flexibility index (Phi) is 5.16. The molecule has 2 aromatic rings. The van der Waals surface area contributed by atoms with Gasteiger partial charge in [-0.3, -0.25) is 10.0 Å². The van der Waals surface area contributed by atoms with Gasteiger partial charge in [0, 0.05) is 24.2 Å². The Morgan fingerprint density at radius 3 is 2.54 bits per heavy atom. The van der Waals surface area contributed by atoms with Crippen LogP contribution >= 0.6 is 0 Å². The molecule has 2 aliphatic rings. The van der Waals surface area contributed by atoms with Crippen molar-refractivity contribution in [1.82, 2.24) is 15.3 Å². The molecule has 4 rings (SSSR count). The summed E-state index contributed by atoms with van der Waals surface area (Å²) in [6, 6.07) is 14.6. The second-order valence-electron chi connectivity index (χ2n) is 7.11. The van der Waals surface area contributed by atoms with E-state index < -0.39 is 5.91 Å². The summed E-state index contributed by atoms with van der Waals surface area (Å²) in [7, 11) is 0. The number of carbonyl (C=O) groups excluding carboxylic acids is 2. The number of urea groups is 1. The minimum absolute atomic E-state index is 0.0139. The Morgan fingerprint density at radius 1 is 1.07 bits per heavy atom. The highest BCUT2D eigenvalue weighted by atomic mass is 16.5. The molecule has 1 fully saturated rings. The number of nitrogens with zero attached hydrogens (tertiary/aromatic N) is 2. The third kappa shape index (κ3) is 3.53. The van der Waals surface area contributed by atoms with Crippen LogP contribution in [-0.4, -0.2) is 46.6 Å². The van der Waals surface area contributed by atoms with Crippen molar-refractivity contribution < 1.29 is 19.5 Å². The Morgan fingerprint density at radius 2 is 1.82 bits per heavy atom. The van der Waals surface area contributed by atoms with Crippen LogP contribution < -0.4 is 10.2 Å². The van der Waals surface area contributed by atoms with Crippen LogP contribution in [0.4, 0.5) is 4.79 Å². The molecule has 7 nitrogen and oxygen atoms in total. The van der Waals surface area contributed by atoms with Gasteiger partial charge in [0.15, 0.2) is 0 Å². The first-order valence-electron chi connectivity index (χ1n) is 9.48. The Bertz CT molecular complexity index is 865. The van der Waals surface area contributed by atoms with Gasteiger partial charge in [-0.05, 0) is 30.5 Å². The fourth-order valence-corrected chi connectivity index (χ4v) is 3.82. The van der Waals surface area contributed by atoms with Crippen LogP contribution in [-0.2, 0) is 6.54 Å². The van der Waals surface area contributed by atoms with Crippen LogP contribution in [0.15, 0.2) is 48.5 Å². The van der Waals surface area contributed by atoms with E-state index in [1.165, 1.54) is 0 Å². The zero-order valence-electron chi connectivity index (χ0n) is 15.5. The number of carbonyl (C=O) groups is 2. The van der Waals surface area contributed by atoms with Crippen molar-refractivity contribution in [3.05, 3.63) is 65.2 Å². The Labute approximate surface area is 163 Å². The van der Waals surface area contributed by atoms with E-state index in [1.807, 2.05) is 40.1 Å². The van der Waals surface area contributed by atoms with Gasteiger partial charge in [0.25, 0.3) is 5.91 Å². The van der Waals surface area contributed by atoms with E-state index >= 15 is 0 Å². The van der Waals surface area contributed by atoms with E-state index in [4.69, 9.17) is 9.94 Å². The third-order valence-corrected chi connectivity index (χ3v) is 5.35. The largest absolute Gasteiger partial charge is 0.491 e. The normalized spacial score (nSPS) is 18.8. The van der Waals surface area contributed by atoms with Crippen molar-refractivity contribution >= 4 is 11.9 Å². The van der Waals surface area contributed by atoms with Crippen LogP contribution in [0.25, 0.3) is 0 Å². The van der Waals surface area contributed by atoms with E-state index in [0.717, 1.165) is 37.1 Å². The topological polar surface area (TPSA) is 82.1 Å². The monoisotopic (exact) mass is 381 g/mol. The smallest absolute Gasteiger partial charge is 0.320 e. The molecule has 0 aliphatic carbocycles.